The highest BCUT2D eigenvalue weighted by Crippen LogP contribution is 2.54. The fourth-order valence-electron chi connectivity index (χ4n) is 2.62. The number of β-lactam (4-membered cyclic amide) rings is 1. The van der Waals surface area contributed by atoms with Crippen LogP contribution < -0.4 is 5.32 Å². The number of alkyl halides is 2. The molecule has 1 amide bonds. The molecule has 1 heterocycles. The second kappa shape index (κ2) is 2.60. The second-order valence-electron chi connectivity index (χ2n) is 3.99. The standard InChI is InChI=1S/C9H9Br2NO/c10-7-3-1-2-4-6(9(13)12-4)5(3)8(7)11/h1-8H,(H,12,13)/t3-,4?,5-,6?,7?,8?/m1/s1. The van der Waals surface area contributed by atoms with E-state index in [9.17, 15) is 4.79 Å². The van der Waals surface area contributed by atoms with E-state index in [0.29, 0.717) is 27.5 Å². The summed E-state index contributed by atoms with van der Waals surface area (Å²) in [5.41, 5.74) is 0. The predicted octanol–water partition coefficient (Wildman–Crippen LogP) is 1.44. The molecule has 1 saturated heterocycles. The van der Waals surface area contributed by atoms with Crippen molar-refractivity contribution < 1.29 is 4.79 Å². The zero-order chi connectivity index (χ0) is 9.16. The van der Waals surface area contributed by atoms with Crippen LogP contribution in [0.25, 0.3) is 0 Å². The van der Waals surface area contributed by atoms with Crippen LogP contribution in [0.1, 0.15) is 0 Å². The Morgan fingerprint density at radius 3 is 2.69 bits per heavy atom. The molecule has 13 heavy (non-hydrogen) atoms. The first kappa shape index (κ1) is 8.48. The number of nitrogens with one attached hydrogen (secondary N) is 1. The smallest absolute Gasteiger partial charge is 0.226 e. The van der Waals surface area contributed by atoms with E-state index in [2.05, 4.69) is 49.3 Å². The molecule has 2 aliphatic carbocycles. The van der Waals surface area contributed by atoms with Gasteiger partial charge in [0.25, 0.3) is 0 Å². The van der Waals surface area contributed by atoms with Gasteiger partial charge in [-0.1, -0.05) is 44.0 Å². The molecule has 4 unspecified atom stereocenters. The summed E-state index contributed by atoms with van der Waals surface area (Å²) in [6.07, 6.45) is 4.38. The lowest BCUT2D eigenvalue weighted by Crippen LogP contribution is -2.69. The van der Waals surface area contributed by atoms with Gasteiger partial charge in [0.2, 0.25) is 5.91 Å². The lowest BCUT2D eigenvalue weighted by Gasteiger charge is -2.56. The maximum absolute atomic E-state index is 11.3. The number of carbonyl (C=O) groups is 1. The van der Waals surface area contributed by atoms with Gasteiger partial charge in [0.1, 0.15) is 0 Å². The first-order chi connectivity index (χ1) is 6.20. The second-order valence-corrected chi connectivity index (χ2v) is 6.10. The molecule has 3 aliphatic rings. The fourth-order valence-corrected chi connectivity index (χ4v) is 4.54. The molecule has 1 N–H and O–H groups in total. The highest BCUT2D eigenvalue weighted by Gasteiger charge is 2.59. The molecule has 0 bridgehead atoms. The summed E-state index contributed by atoms with van der Waals surface area (Å²) in [5.74, 6) is 1.52. The number of rotatable bonds is 0. The molecule has 1 saturated carbocycles. The van der Waals surface area contributed by atoms with Crippen molar-refractivity contribution in [3.8, 4) is 0 Å². The van der Waals surface area contributed by atoms with E-state index in [0.717, 1.165) is 0 Å². The minimum atomic E-state index is 0.230. The summed E-state index contributed by atoms with van der Waals surface area (Å²) < 4.78 is 0. The summed E-state index contributed by atoms with van der Waals surface area (Å²) in [6, 6.07) is 0.314. The SMILES string of the molecule is O=C1NC2C=C[C@H]3C(Br)C(Br)[C@H]3C12. The summed E-state index contributed by atoms with van der Waals surface area (Å²) >= 11 is 7.26. The molecule has 2 fully saturated rings. The molecule has 1 aliphatic heterocycles. The van der Waals surface area contributed by atoms with Crippen LogP contribution in [0.5, 0.6) is 0 Å². The molecular weight excluding hydrogens is 298 g/mol. The van der Waals surface area contributed by atoms with Crippen molar-refractivity contribution in [3.63, 3.8) is 0 Å². The van der Waals surface area contributed by atoms with Gasteiger partial charge in [-0.15, -0.1) is 0 Å². The number of hydrogen-bond donors (Lipinski definition) is 1. The maximum atomic E-state index is 11.3. The van der Waals surface area contributed by atoms with Gasteiger partial charge in [-0.3, -0.25) is 4.79 Å². The van der Waals surface area contributed by atoms with Crippen LogP contribution in [0.3, 0.4) is 0 Å². The summed E-state index contributed by atoms with van der Waals surface area (Å²) in [6.45, 7) is 0. The number of hydrogen-bond acceptors (Lipinski definition) is 1. The zero-order valence-corrected chi connectivity index (χ0v) is 9.95. The Kier molecular flexibility index (Phi) is 1.69. The van der Waals surface area contributed by atoms with E-state index in [4.69, 9.17) is 0 Å². The van der Waals surface area contributed by atoms with Gasteiger partial charge < -0.3 is 5.32 Å². The van der Waals surface area contributed by atoms with Crippen molar-refractivity contribution in [1.82, 2.24) is 5.32 Å². The Morgan fingerprint density at radius 1 is 1.23 bits per heavy atom. The Hall–Kier alpha value is 0.170. The molecule has 4 heteroatoms. The van der Waals surface area contributed by atoms with Crippen molar-refractivity contribution in [3.05, 3.63) is 12.2 Å². The molecule has 0 aromatic carbocycles. The Morgan fingerprint density at radius 2 is 2.00 bits per heavy atom. The van der Waals surface area contributed by atoms with Crippen molar-refractivity contribution >= 4 is 37.8 Å². The molecule has 0 radical (unpaired) electrons. The molecule has 0 aromatic heterocycles. The lowest BCUT2D eigenvalue weighted by atomic mass is 9.59. The van der Waals surface area contributed by atoms with E-state index < -0.39 is 0 Å². The van der Waals surface area contributed by atoms with Crippen LogP contribution in [0, 0.1) is 17.8 Å². The Bertz CT molecular complexity index is 304. The molecular formula is C9H9Br2NO. The number of fused-ring (bicyclic) bond motifs is 3. The largest absolute Gasteiger partial charge is 0.349 e. The topological polar surface area (TPSA) is 29.1 Å². The maximum Gasteiger partial charge on any atom is 0.226 e. The van der Waals surface area contributed by atoms with E-state index in [1.807, 2.05) is 0 Å². The van der Waals surface area contributed by atoms with Crippen LogP contribution in [0.4, 0.5) is 0 Å². The van der Waals surface area contributed by atoms with E-state index in [-0.39, 0.29) is 11.8 Å². The Labute approximate surface area is 93.4 Å². The number of carbonyl (C=O) groups excluding carboxylic acids is 1. The monoisotopic (exact) mass is 305 g/mol. The molecule has 2 nitrogen and oxygen atoms in total. The van der Waals surface area contributed by atoms with Crippen LogP contribution in [-0.2, 0) is 4.79 Å². The lowest BCUT2D eigenvalue weighted by molar-refractivity contribution is -0.139. The van der Waals surface area contributed by atoms with E-state index in [1.165, 1.54) is 0 Å². The van der Waals surface area contributed by atoms with Gasteiger partial charge in [0.05, 0.1) is 12.0 Å². The van der Waals surface area contributed by atoms with Crippen molar-refractivity contribution in [1.29, 1.82) is 0 Å². The van der Waals surface area contributed by atoms with Gasteiger partial charge >= 0.3 is 0 Å². The first-order valence-corrected chi connectivity index (χ1v) is 6.30. The normalized spacial score (nSPS) is 56.9. The van der Waals surface area contributed by atoms with Gasteiger partial charge in [0, 0.05) is 9.65 Å². The highest BCUT2D eigenvalue weighted by atomic mass is 79.9. The third kappa shape index (κ3) is 0.911. The quantitative estimate of drug-likeness (QED) is 0.410. The van der Waals surface area contributed by atoms with Gasteiger partial charge in [0.15, 0.2) is 0 Å². The fraction of sp³-hybridized carbons (Fsp3) is 0.667. The van der Waals surface area contributed by atoms with E-state index in [1.54, 1.807) is 0 Å². The summed E-state index contributed by atoms with van der Waals surface area (Å²) in [4.78, 5) is 12.3. The van der Waals surface area contributed by atoms with Crippen LogP contribution in [-0.4, -0.2) is 21.6 Å². The van der Waals surface area contributed by atoms with Crippen molar-refractivity contribution in [2.75, 3.05) is 0 Å². The zero-order valence-electron chi connectivity index (χ0n) is 6.78. The van der Waals surface area contributed by atoms with Gasteiger partial charge in [-0.05, 0) is 11.8 Å². The number of allylic oxidation sites excluding steroid dienone is 1. The average Bonchev–Trinajstić information content (AvgIpc) is 2.14. The van der Waals surface area contributed by atoms with Gasteiger partial charge in [-0.25, -0.2) is 0 Å². The number of halogens is 2. The third-order valence-electron chi connectivity index (χ3n) is 3.44. The van der Waals surface area contributed by atoms with Gasteiger partial charge in [-0.2, -0.15) is 0 Å². The van der Waals surface area contributed by atoms with Crippen LogP contribution >= 0.6 is 31.9 Å². The molecule has 3 rings (SSSR count). The summed E-state index contributed by atoms with van der Waals surface area (Å²) in [5, 5.41) is 2.90. The third-order valence-corrected chi connectivity index (χ3v) is 6.51. The average molecular weight is 307 g/mol. The first-order valence-electron chi connectivity index (χ1n) is 4.47. The van der Waals surface area contributed by atoms with E-state index >= 15 is 0 Å². The number of amides is 1. The predicted molar refractivity (Wildman–Crippen MR) is 57.0 cm³/mol. The van der Waals surface area contributed by atoms with Crippen LogP contribution in [0.15, 0.2) is 12.2 Å². The van der Waals surface area contributed by atoms with Crippen molar-refractivity contribution in [2.24, 2.45) is 17.8 Å². The Balaban J connectivity index is 1.92. The summed E-state index contributed by atoms with van der Waals surface area (Å²) in [7, 11) is 0. The molecule has 0 spiro atoms. The molecule has 6 atom stereocenters. The minimum Gasteiger partial charge on any atom is -0.349 e. The molecule has 70 valence electrons. The molecule has 0 aromatic rings. The van der Waals surface area contributed by atoms with Crippen LogP contribution in [0.2, 0.25) is 0 Å². The van der Waals surface area contributed by atoms with Crippen molar-refractivity contribution in [2.45, 2.75) is 15.7 Å². The minimum absolute atomic E-state index is 0.230. The highest BCUT2D eigenvalue weighted by molar-refractivity contribution is 9.12.